The fourth-order valence-corrected chi connectivity index (χ4v) is 4.19. The molecule has 0 unspecified atom stereocenters. The number of quaternary nitrogens is 1. The average Bonchev–Trinajstić information content (AvgIpc) is 3.12. The van der Waals surface area contributed by atoms with Crippen LogP contribution in [-0.4, -0.2) is 23.7 Å². The van der Waals surface area contributed by atoms with Crippen molar-refractivity contribution in [3.8, 4) is 5.75 Å². The topological polar surface area (TPSA) is 83.0 Å². The first-order valence-corrected chi connectivity index (χ1v) is 9.89. The molecule has 27 heavy (non-hydrogen) atoms. The molecule has 1 aliphatic rings. The van der Waals surface area contributed by atoms with E-state index < -0.39 is 18.0 Å². The molecule has 5 nitrogen and oxygen atoms in total. The lowest BCUT2D eigenvalue weighted by Gasteiger charge is -2.18. The normalized spacial score (nSPS) is 19.7. The number of esters is 1. The number of nitrogens with two attached hydrogens (primary N) is 1. The minimum Gasteiger partial charge on any atom is -0.544 e. The maximum atomic E-state index is 12.3. The van der Waals surface area contributed by atoms with Crippen molar-refractivity contribution in [2.75, 3.05) is 5.75 Å². The number of ether oxygens (including phenoxy) is 1. The molecule has 0 aromatic heterocycles. The highest BCUT2D eigenvalue weighted by Gasteiger charge is 2.30. The number of benzene rings is 2. The zero-order valence-electron chi connectivity index (χ0n) is 15.6. The van der Waals surface area contributed by atoms with Crippen molar-refractivity contribution >= 4 is 23.7 Å². The molecule has 0 amide bonds. The Hall–Kier alpha value is -2.31. The highest BCUT2D eigenvalue weighted by atomic mass is 32.2. The number of aliphatic carboxylic acids is 1. The van der Waals surface area contributed by atoms with Crippen LogP contribution in [0.15, 0.2) is 48.5 Å². The van der Waals surface area contributed by atoms with Gasteiger partial charge in [0.15, 0.2) is 5.37 Å². The number of rotatable bonds is 4. The van der Waals surface area contributed by atoms with Crippen LogP contribution < -0.4 is 15.2 Å². The first-order chi connectivity index (χ1) is 12.7. The molecular formula is C21H23NO4S. The second-order valence-electron chi connectivity index (χ2n) is 7.66. The van der Waals surface area contributed by atoms with Crippen molar-refractivity contribution in [2.45, 2.75) is 37.6 Å². The predicted octanol–water partition coefficient (Wildman–Crippen LogP) is 1.63. The van der Waals surface area contributed by atoms with Crippen molar-refractivity contribution in [3.05, 3.63) is 65.2 Å². The number of carbonyl (C=O) groups is 2. The summed E-state index contributed by atoms with van der Waals surface area (Å²) in [6.07, 6.45) is 0. The number of carboxylic acids is 1. The lowest BCUT2D eigenvalue weighted by molar-refractivity contribution is -0.690. The van der Waals surface area contributed by atoms with Gasteiger partial charge in [-0.3, -0.25) is 0 Å². The Morgan fingerprint density at radius 3 is 2.22 bits per heavy atom. The summed E-state index contributed by atoms with van der Waals surface area (Å²) in [5.41, 5.74) is 2.67. The fourth-order valence-electron chi connectivity index (χ4n) is 2.88. The summed E-state index contributed by atoms with van der Waals surface area (Å²) in [6.45, 7) is 6.37. The van der Waals surface area contributed by atoms with Gasteiger partial charge in [0.05, 0.1) is 11.3 Å². The third-order valence-corrected chi connectivity index (χ3v) is 5.91. The standard InChI is InChI=1S/C21H23NO4S/c1-21(2,3)15-8-4-14(5-9-15)20(25)26-16-10-6-13(7-11-16)18-22-17(12-27-18)19(23)24/h4-11,17-18,22H,12H2,1-3H3,(H,23,24)/t17-,18-/m1/s1. The largest absolute Gasteiger partial charge is 0.544 e. The number of hydrogen-bond donors (Lipinski definition) is 1. The van der Waals surface area contributed by atoms with Gasteiger partial charge in [-0.15, -0.1) is 0 Å². The highest BCUT2D eigenvalue weighted by molar-refractivity contribution is 7.99. The molecule has 0 saturated carbocycles. The van der Waals surface area contributed by atoms with Crippen molar-refractivity contribution in [1.29, 1.82) is 0 Å². The van der Waals surface area contributed by atoms with E-state index in [0.717, 1.165) is 11.1 Å². The second-order valence-corrected chi connectivity index (χ2v) is 8.83. The molecule has 3 rings (SSSR count). The van der Waals surface area contributed by atoms with Crippen LogP contribution in [0.4, 0.5) is 0 Å². The maximum absolute atomic E-state index is 12.3. The minimum atomic E-state index is -1.03. The molecule has 1 saturated heterocycles. The lowest BCUT2D eigenvalue weighted by Crippen LogP contribution is -2.90. The van der Waals surface area contributed by atoms with Crippen LogP contribution in [0.2, 0.25) is 0 Å². The van der Waals surface area contributed by atoms with E-state index in [1.165, 1.54) is 0 Å². The second kappa shape index (κ2) is 7.74. The Labute approximate surface area is 163 Å². The van der Waals surface area contributed by atoms with Gasteiger partial charge >= 0.3 is 5.97 Å². The van der Waals surface area contributed by atoms with Gasteiger partial charge < -0.3 is 20.0 Å². The van der Waals surface area contributed by atoms with Crippen LogP contribution in [0.3, 0.4) is 0 Å². The smallest absolute Gasteiger partial charge is 0.343 e. The molecule has 1 heterocycles. The first kappa shape index (κ1) is 19.5. The van der Waals surface area contributed by atoms with Crippen LogP contribution in [0, 0.1) is 0 Å². The molecule has 1 fully saturated rings. The summed E-state index contributed by atoms with van der Waals surface area (Å²) in [7, 11) is 0. The first-order valence-electron chi connectivity index (χ1n) is 8.84. The molecule has 2 atom stereocenters. The van der Waals surface area contributed by atoms with Crippen molar-refractivity contribution in [3.63, 3.8) is 0 Å². The molecule has 1 aliphatic heterocycles. The van der Waals surface area contributed by atoms with Crippen LogP contribution in [0.25, 0.3) is 0 Å². The average molecular weight is 385 g/mol. The minimum absolute atomic E-state index is 0.0163. The molecule has 6 heteroatoms. The lowest BCUT2D eigenvalue weighted by atomic mass is 9.87. The molecule has 142 valence electrons. The maximum Gasteiger partial charge on any atom is 0.343 e. The molecule has 2 aromatic carbocycles. The van der Waals surface area contributed by atoms with E-state index in [0.29, 0.717) is 17.1 Å². The zero-order chi connectivity index (χ0) is 19.6. The Kier molecular flexibility index (Phi) is 5.58. The van der Waals surface area contributed by atoms with Gasteiger partial charge in [0.2, 0.25) is 0 Å². The Balaban J connectivity index is 1.63. The summed E-state index contributed by atoms with van der Waals surface area (Å²) >= 11 is 1.57. The number of hydrogen-bond acceptors (Lipinski definition) is 5. The van der Waals surface area contributed by atoms with Gasteiger partial charge in [-0.05, 0) is 47.4 Å². The van der Waals surface area contributed by atoms with Crippen LogP contribution >= 0.6 is 11.8 Å². The van der Waals surface area contributed by atoms with Gasteiger partial charge in [-0.1, -0.05) is 44.7 Å². The van der Waals surface area contributed by atoms with E-state index in [4.69, 9.17) is 4.74 Å². The summed E-state index contributed by atoms with van der Waals surface area (Å²) in [6, 6.07) is 14.1. The monoisotopic (exact) mass is 385 g/mol. The summed E-state index contributed by atoms with van der Waals surface area (Å²) in [5, 5.41) is 12.8. The van der Waals surface area contributed by atoms with Crippen LogP contribution in [0.1, 0.15) is 47.6 Å². The summed E-state index contributed by atoms with van der Waals surface area (Å²) in [4.78, 5) is 23.3. The Morgan fingerprint density at radius 2 is 1.70 bits per heavy atom. The van der Waals surface area contributed by atoms with Gasteiger partial charge in [0.1, 0.15) is 17.8 Å². The van der Waals surface area contributed by atoms with E-state index in [-0.39, 0.29) is 10.8 Å². The molecule has 0 bridgehead atoms. The molecular weight excluding hydrogens is 362 g/mol. The van der Waals surface area contributed by atoms with Gasteiger partial charge in [-0.25, -0.2) is 4.79 Å². The van der Waals surface area contributed by atoms with Gasteiger partial charge in [-0.2, -0.15) is 0 Å². The van der Waals surface area contributed by atoms with Crippen molar-refractivity contribution in [1.82, 2.24) is 0 Å². The highest BCUT2D eigenvalue weighted by Crippen LogP contribution is 2.28. The van der Waals surface area contributed by atoms with E-state index >= 15 is 0 Å². The van der Waals surface area contributed by atoms with E-state index in [9.17, 15) is 14.7 Å². The molecule has 0 aliphatic carbocycles. The Bertz CT molecular complexity index is 825. The quantitative estimate of drug-likeness (QED) is 0.639. The predicted molar refractivity (Wildman–Crippen MR) is 102 cm³/mol. The van der Waals surface area contributed by atoms with Crippen LogP contribution in [0.5, 0.6) is 5.75 Å². The molecule has 0 radical (unpaired) electrons. The van der Waals surface area contributed by atoms with Gasteiger partial charge in [0, 0.05) is 5.56 Å². The summed E-state index contributed by atoms with van der Waals surface area (Å²) in [5.74, 6) is -0.452. The SMILES string of the molecule is CC(C)(C)c1ccc(C(=O)Oc2ccc([C@@H]3[NH2+][C@@H](C(=O)[O-])CS3)cc2)cc1. The number of thioether (sulfide) groups is 1. The van der Waals surface area contributed by atoms with Gasteiger partial charge in [0.25, 0.3) is 0 Å². The molecule has 0 spiro atoms. The zero-order valence-corrected chi connectivity index (χ0v) is 16.4. The summed E-state index contributed by atoms with van der Waals surface area (Å²) < 4.78 is 5.44. The third kappa shape index (κ3) is 4.70. The van der Waals surface area contributed by atoms with E-state index in [2.05, 4.69) is 20.8 Å². The van der Waals surface area contributed by atoms with Crippen molar-refractivity contribution in [2.24, 2.45) is 0 Å². The third-order valence-electron chi connectivity index (χ3n) is 4.57. The fraction of sp³-hybridized carbons (Fsp3) is 0.333. The van der Waals surface area contributed by atoms with Crippen molar-refractivity contribution < 1.29 is 24.7 Å². The van der Waals surface area contributed by atoms with Crippen LogP contribution in [-0.2, 0) is 10.2 Å². The molecule has 2 N–H and O–H groups in total. The van der Waals surface area contributed by atoms with E-state index in [1.54, 1.807) is 41.3 Å². The number of carbonyl (C=O) groups excluding carboxylic acids is 2. The Morgan fingerprint density at radius 1 is 1.07 bits per heavy atom. The van der Waals surface area contributed by atoms with E-state index in [1.807, 2.05) is 24.3 Å². The molecule has 2 aromatic rings. The number of carboxylic acid groups (broad SMARTS) is 1.